The summed E-state index contributed by atoms with van der Waals surface area (Å²) in [5.41, 5.74) is 7.92. The number of hydrogen-bond acceptors (Lipinski definition) is 3. The van der Waals surface area contributed by atoms with Crippen molar-refractivity contribution in [1.82, 2.24) is 4.90 Å². The summed E-state index contributed by atoms with van der Waals surface area (Å²) < 4.78 is 0. The molecule has 102 valence electrons. The lowest BCUT2D eigenvalue weighted by Gasteiger charge is -2.35. The monoisotopic (exact) mass is 257 g/mol. The highest BCUT2D eigenvalue weighted by Crippen LogP contribution is 2.24. The second-order valence-corrected chi connectivity index (χ2v) is 5.40. The van der Waals surface area contributed by atoms with E-state index in [4.69, 9.17) is 11.0 Å². The molecule has 3 nitrogen and oxygen atoms in total. The highest BCUT2D eigenvalue weighted by atomic mass is 15.1. The van der Waals surface area contributed by atoms with Gasteiger partial charge in [0.15, 0.2) is 0 Å². The summed E-state index contributed by atoms with van der Waals surface area (Å²) in [4.78, 5) is 2.49. The van der Waals surface area contributed by atoms with Gasteiger partial charge in [-0.2, -0.15) is 5.26 Å². The Morgan fingerprint density at radius 1 is 1.26 bits per heavy atom. The molecule has 0 bridgehead atoms. The zero-order chi connectivity index (χ0) is 13.7. The number of hydrogen-bond donors (Lipinski definition) is 1. The van der Waals surface area contributed by atoms with E-state index >= 15 is 0 Å². The lowest BCUT2D eigenvalue weighted by molar-refractivity contribution is 0.149. The Kier molecular flexibility index (Phi) is 4.95. The number of nitrogens with two attached hydrogens (primary N) is 1. The fraction of sp³-hybridized carbons (Fsp3) is 0.562. The van der Waals surface area contributed by atoms with Gasteiger partial charge in [0.1, 0.15) is 0 Å². The predicted octanol–water partition coefficient (Wildman–Crippen LogP) is 2.65. The third kappa shape index (κ3) is 3.56. The van der Waals surface area contributed by atoms with Crippen molar-refractivity contribution in [2.45, 2.75) is 51.2 Å². The Balaban J connectivity index is 2.05. The van der Waals surface area contributed by atoms with E-state index in [0.717, 1.165) is 37.1 Å². The third-order valence-corrected chi connectivity index (χ3v) is 4.18. The number of nitrogens with zero attached hydrogens (tertiary/aromatic N) is 2. The SMILES string of the molecule is CCN(Cc1ccccc1C#N)C1CCC(N)CC1. The van der Waals surface area contributed by atoms with Crippen molar-refractivity contribution in [2.24, 2.45) is 5.73 Å². The summed E-state index contributed by atoms with van der Waals surface area (Å²) >= 11 is 0. The maximum Gasteiger partial charge on any atom is 0.0995 e. The highest BCUT2D eigenvalue weighted by molar-refractivity contribution is 5.37. The Labute approximate surface area is 116 Å². The van der Waals surface area contributed by atoms with Crippen LogP contribution in [0.25, 0.3) is 0 Å². The van der Waals surface area contributed by atoms with Crippen molar-refractivity contribution in [2.75, 3.05) is 6.54 Å². The van der Waals surface area contributed by atoms with Gasteiger partial charge in [-0.15, -0.1) is 0 Å². The predicted molar refractivity (Wildman–Crippen MR) is 77.5 cm³/mol. The summed E-state index contributed by atoms with van der Waals surface area (Å²) in [5, 5.41) is 9.16. The molecular formula is C16H23N3. The van der Waals surface area contributed by atoms with E-state index in [2.05, 4.69) is 24.0 Å². The minimum atomic E-state index is 0.390. The maximum atomic E-state index is 9.16. The van der Waals surface area contributed by atoms with Crippen molar-refractivity contribution < 1.29 is 0 Å². The van der Waals surface area contributed by atoms with E-state index < -0.39 is 0 Å². The first-order valence-corrected chi connectivity index (χ1v) is 7.22. The van der Waals surface area contributed by atoms with Gasteiger partial charge in [-0.05, 0) is 43.9 Å². The van der Waals surface area contributed by atoms with Crippen LogP contribution in [0.1, 0.15) is 43.7 Å². The van der Waals surface area contributed by atoms with Crippen molar-refractivity contribution in [1.29, 1.82) is 5.26 Å². The molecule has 1 aromatic carbocycles. The van der Waals surface area contributed by atoms with Gasteiger partial charge < -0.3 is 5.73 Å². The van der Waals surface area contributed by atoms with Crippen molar-refractivity contribution in [3.05, 3.63) is 35.4 Å². The molecule has 1 aliphatic carbocycles. The lowest BCUT2D eigenvalue weighted by Crippen LogP contribution is -2.40. The molecule has 3 heteroatoms. The van der Waals surface area contributed by atoms with Crippen LogP contribution in [0.4, 0.5) is 0 Å². The molecule has 0 aliphatic heterocycles. The first-order valence-electron chi connectivity index (χ1n) is 7.22. The molecule has 0 spiro atoms. The maximum absolute atomic E-state index is 9.16. The van der Waals surface area contributed by atoms with E-state index in [-0.39, 0.29) is 0 Å². The van der Waals surface area contributed by atoms with Gasteiger partial charge in [0.25, 0.3) is 0 Å². The van der Waals surface area contributed by atoms with Crippen molar-refractivity contribution >= 4 is 0 Å². The summed E-state index contributed by atoms with van der Waals surface area (Å²) in [5.74, 6) is 0. The largest absolute Gasteiger partial charge is 0.328 e. The second-order valence-electron chi connectivity index (χ2n) is 5.40. The summed E-state index contributed by atoms with van der Waals surface area (Å²) in [7, 11) is 0. The quantitative estimate of drug-likeness (QED) is 0.902. The van der Waals surface area contributed by atoms with Crippen LogP contribution in [-0.2, 0) is 6.54 Å². The highest BCUT2D eigenvalue weighted by Gasteiger charge is 2.23. The average Bonchev–Trinajstić information content (AvgIpc) is 2.46. The molecule has 0 aromatic heterocycles. The van der Waals surface area contributed by atoms with Crippen LogP contribution in [0.15, 0.2) is 24.3 Å². The van der Waals surface area contributed by atoms with Gasteiger partial charge in [-0.1, -0.05) is 25.1 Å². The van der Waals surface area contributed by atoms with Crippen LogP contribution in [0, 0.1) is 11.3 Å². The van der Waals surface area contributed by atoms with E-state index in [1.165, 1.54) is 12.8 Å². The summed E-state index contributed by atoms with van der Waals surface area (Å²) in [6.07, 6.45) is 4.62. The van der Waals surface area contributed by atoms with E-state index in [1.807, 2.05) is 18.2 Å². The minimum Gasteiger partial charge on any atom is -0.328 e. The van der Waals surface area contributed by atoms with Crippen LogP contribution in [0.2, 0.25) is 0 Å². The third-order valence-electron chi connectivity index (χ3n) is 4.18. The van der Waals surface area contributed by atoms with Crippen LogP contribution < -0.4 is 5.73 Å². The molecule has 1 aromatic rings. The lowest BCUT2D eigenvalue weighted by atomic mass is 9.90. The first-order chi connectivity index (χ1) is 9.24. The average molecular weight is 257 g/mol. The van der Waals surface area contributed by atoms with Crippen LogP contribution >= 0.6 is 0 Å². The van der Waals surface area contributed by atoms with Gasteiger partial charge in [0, 0.05) is 18.6 Å². The number of rotatable bonds is 4. The second kappa shape index (κ2) is 6.70. The molecule has 0 heterocycles. The van der Waals surface area contributed by atoms with Gasteiger partial charge in [0.2, 0.25) is 0 Å². The molecule has 0 amide bonds. The topological polar surface area (TPSA) is 53.0 Å². The molecule has 1 fully saturated rings. The van der Waals surface area contributed by atoms with Crippen LogP contribution in [0.3, 0.4) is 0 Å². The fourth-order valence-corrected chi connectivity index (χ4v) is 2.95. The summed E-state index contributed by atoms with van der Waals surface area (Å²) in [6.45, 7) is 4.10. The molecule has 1 aliphatic rings. The molecule has 0 unspecified atom stereocenters. The number of nitriles is 1. The zero-order valence-electron chi connectivity index (χ0n) is 11.7. The van der Waals surface area contributed by atoms with Gasteiger partial charge in [-0.3, -0.25) is 4.90 Å². The van der Waals surface area contributed by atoms with E-state index in [0.29, 0.717) is 12.1 Å². The molecular weight excluding hydrogens is 234 g/mol. The normalized spacial score (nSPS) is 23.3. The number of benzene rings is 1. The smallest absolute Gasteiger partial charge is 0.0995 e. The van der Waals surface area contributed by atoms with Gasteiger partial charge in [0.05, 0.1) is 11.6 Å². The molecule has 19 heavy (non-hydrogen) atoms. The van der Waals surface area contributed by atoms with Crippen molar-refractivity contribution in [3.63, 3.8) is 0 Å². The molecule has 0 atom stereocenters. The summed E-state index contributed by atoms with van der Waals surface area (Å²) in [6, 6.07) is 11.2. The molecule has 0 saturated heterocycles. The minimum absolute atomic E-state index is 0.390. The van der Waals surface area contributed by atoms with Gasteiger partial charge in [-0.25, -0.2) is 0 Å². The van der Waals surface area contributed by atoms with Crippen LogP contribution in [-0.4, -0.2) is 23.5 Å². The Hall–Kier alpha value is -1.37. The molecule has 0 radical (unpaired) electrons. The standard InChI is InChI=1S/C16H23N3/c1-2-19(16-9-7-15(18)8-10-16)12-14-6-4-3-5-13(14)11-17/h3-6,15-16H,2,7-10,12,18H2,1H3. The fourth-order valence-electron chi connectivity index (χ4n) is 2.95. The Morgan fingerprint density at radius 2 is 1.95 bits per heavy atom. The first kappa shape index (κ1) is 14.0. The van der Waals surface area contributed by atoms with Crippen LogP contribution in [0.5, 0.6) is 0 Å². The van der Waals surface area contributed by atoms with E-state index in [9.17, 15) is 0 Å². The molecule has 2 N–H and O–H groups in total. The zero-order valence-corrected chi connectivity index (χ0v) is 11.7. The molecule has 2 rings (SSSR count). The molecule has 1 saturated carbocycles. The van der Waals surface area contributed by atoms with Crippen molar-refractivity contribution in [3.8, 4) is 6.07 Å². The Morgan fingerprint density at radius 3 is 2.58 bits per heavy atom. The van der Waals surface area contributed by atoms with E-state index in [1.54, 1.807) is 0 Å². The Bertz CT molecular complexity index is 442. The van der Waals surface area contributed by atoms with Gasteiger partial charge >= 0.3 is 0 Å².